The van der Waals surface area contributed by atoms with Gasteiger partial charge in [0.2, 0.25) is 5.91 Å². The molecule has 0 saturated heterocycles. The molecule has 1 fully saturated rings. The van der Waals surface area contributed by atoms with Crippen LogP contribution in [-0.2, 0) is 16.0 Å². The summed E-state index contributed by atoms with van der Waals surface area (Å²) in [4.78, 5) is 11.3. The van der Waals surface area contributed by atoms with Gasteiger partial charge in [-0.25, -0.2) is 5.43 Å². The Balaban J connectivity index is 1.07. The number of hydrogen-bond donors (Lipinski definition) is 3. The molecule has 8 heteroatoms. The van der Waals surface area contributed by atoms with Crippen molar-refractivity contribution in [1.82, 2.24) is 10.7 Å². The fourth-order valence-electron chi connectivity index (χ4n) is 3.69. The van der Waals surface area contributed by atoms with Crippen molar-refractivity contribution in [3.63, 3.8) is 0 Å². The predicted octanol–water partition coefficient (Wildman–Crippen LogP) is 2.68. The highest BCUT2D eigenvalue weighted by atomic mass is 16.5. The summed E-state index contributed by atoms with van der Waals surface area (Å²) in [5.74, 6) is 2.23. The van der Waals surface area contributed by atoms with Crippen LogP contribution in [0.5, 0.6) is 11.5 Å². The van der Waals surface area contributed by atoms with E-state index >= 15 is 0 Å². The second-order valence-corrected chi connectivity index (χ2v) is 9.05. The fourth-order valence-corrected chi connectivity index (χ4v) is 3.69. The summed E-state index contributed by atoms with van der Waals surface area (Å²) in [6.45, 7) is 3.34. The fraction of sp³-hybridized carbons (Fsp3) is 0.481. The van der Waals surface area contributed by atoms with E-state index in [2.05, 4.69) is 15.8 Å². The minimum Gasteiger partial charge on any atom is -0.492 e. The van der Waals surface area contributed by atoms with Gasteiger partial charge in [0.15, 0.2) is 0 Å². The zero-order valence-corrected chi connectivity index (χ0v) is 20.1. The predicted molar refractivity (Wildman–Crippen MR) is 134 cm³/mol. The second kappa shape index (κ2) is 13.2. The lowest BCUT2D eigenvalue weighted by atomic mass is 10.0. The molecule has 2 aliphatic rings. The smallest absolute Gasteiger partial charge is 0.240 e. The van der Waals surface area contributed by atoms with Crippen molar-refractivity contribution >= 4 is 11.6 Å². The number of benzene rings is 2. The molecular formula is C27H35N3O5. The SMILES string of the molecule is O=C1CCC(c2cccc(OCCNCC(O)COc3ccc(CCOCC4CC4)cc3)c2)=NN1. The van der Waals surface area contributed by atoms with Crippen LogP contribution in [0.15, 0.2) is 53.6 Å². The highest BCUT2D eigenvalue weighted by Gasteiger charge is 2.20. The first-order valence-corrected chi connectivity index (χ1v) is 12.4. The minimum atomic E-state index is -0.617. The monoisotopic (exact) mass is 481 g/mol. The van der Waals surface area contributed by atoms with E-state index in [1.54, 1.807) is 0 Å². The molecule has 188 valence electrons. The van der Waals surface area contributed by atoms with Gasteiger partial charge in [0.05, 0.1) is 12.3 Å². The van der Waals surface area contributed by atoms with Gasteiger partial charge in [-0.1, -0.05) is 24.3 Å². The van der Waals surface area contributed by atoms with E-state index < -0.39 is 6.10 Å². The molecule has 0 bridgehead atoms. The summed E-state index contributed by atoms with van der Waals surface area (Å²) in [7, 11) is 0. The van der Waals surface area contributed by atoms with Crippen LogP contribution < -0.4 is 20.2 Å². The standard InChI is InChI=1S/C27H35N3O5/c31-23(19-35-24-8-6-20(7-9-24)12-14-33-18-21-4-5-21)17-28-13-15-34-25-3-1-2-22(16-25)26-10-11-27(32)30-29-26/h1-3,6-9,16,21,23,28,31H,4-5,10-15,17-19H2,(H,30,32). The van der Waals surface area contributed by atoms with E-state index in [1.807, 2.05) is 48.5 Å². The molecule has 1 atom stereocenters. The average molecular weight is 482 g/mol. The average Bonchev–Trinajstić information content (AvgIpc) is 3.71. The summed E-state index contributed by atoms with van der Waals surface area (Å²) in [5.41, 5.74) is 5.53. The van der Waals surface area contributed by atoms with Crippen molar-refractivity contribution in [3.8, 4) is 11.5 Å². The Kier molecular flexibility index (Phi) is 9.51. The zero-order chi connectivity index (χ0) is 24.3. The van der Waals surface area contributed by atoms with Crippen LogP contribution in [0.4, 0.5) is 0 Å². The Labute approximate surface area is 206 Å². The quantitative estimate of drug-likeness (QED) is 0.338. The lowest BCUT2D eigenvalue weighted by Crippen LogP contribution is -2.33. The molecule has 1 aliphatic heterocycles. The van der Waals surface area contributed by atoms with E-state index in [1.165, 1.54) is 18.4 Å². The van der Waals surface area contributed by atoms with Crippen LogP contribution >= 0.6 is 0 Å². The number of aliphatic hydroxyl groups excluding tert-OH is 1. The van der Waals surface area contributed by atoms with Crippen molar-refractivity contribution in [3.05, 3.63) is 59.7 Å². The summed E-state index contributed by atoms with van der Waals surface area (Å²) in [5, 5.41) is 17.5. The Bertz CT molecular complexity index is 975. The number of amides is 1. The maximum Gasteiger partial charge on any atom is 0.240 e. The first-order valence-electron chi connectivity index (χ1n) is 12.4. The van der Waals surface area contributed by atoms with Gasteiger partial charge in [-0.3, -0.25) is 4.79 Å². The Morgan fingerprint density at radius 2 is 1.91 bits per heavy atom. The van der Waals surface area contributed by atoms with Crippen molar-refractivity contribution in [2.75, 3.05) is 39.5 Å². The lowest BCUT2D eigenvalue weighted by molar-refractivity contribution is -0.121. The van der Waals surface area contributed by atoms with Crippen molar-refractivity contribution in [2.24, 2.45) is 11.0 Å². The first-order chi connectivity index (χ1) is 17.2. The molecule has 1 saturated carbocycles. The van der Waals surface area contributed by atoms with E-state index in [-0.39, 0.29) is 12.5 Å². The highest BCUT2D eigenvalue weighted by molar-refractivity contribution is 6.04. The van der Waals surface area contributed by atoms with E-state index in [9.17, 15) is 9.90 Å². The van der Waals surface area contributed by atoms with Gasteiger partial charge in [0.25, 0.3) is 0 Å². The number of nitrogens with one attached hydrogen (secondary N) is 2. The van der Waals surface area contributed by atoms with Crippen LogP contribution in [-0.4, -0.2) is 62.3 Å². The molecule has 2 aromatic rings. The van der Waals surface area contributed by atoms with Gasteiger partial charge in [-0.05, 0) is 55.0 Å². The number of carbonyl (C=O) groups is 1. The van der Waals surface area contributed by atoms with E-state index in [0.717, 1.165) is 48.3 Å². The number of ether oxygens (including phenoxy) is 3. The van der Waals surface area contributed by atoms with Crippen LogP contribution in [0.3, 0.4) is 0 Å². The molecule has 8 nitrogen and oxygen atoms in total. The van der Waals surface area contributed by atoms with Crippen molar-refractivity contribution in [1.29, 1.82) is 0 Å². The van der Waals surface area contributed by atoms with Gasteiger partial charge in [0, 0.05) is 38.1 Å². The molecular weight excluding hydrogens is 446 g/mol. The molecule has 2 aromatic carbocycles. The normalized spacial score (nSPS) is 16.4. The topological polar surface area (TPSA) is 101 Å². The zero-order valence-electron chi connectivity index (χ0n) is 20.1. The third-order valence-corrected chi connectivity index (χ3v) is 5.95. The molecule has 1 aliphatic carbocycles. The molecule has 1 amide bonds. The third kappa shape index (κ3) is 8.98. The van der Waals surface area contributed by atoms with Crippen LogP contribution in [0.25, 0.3) is 0 Å². The van der Waals surface area contributed by atoms with Gasteiger partial charge < -0.3 is 24.6 Å². The van der Waals surface area contributed by atoms with Crippen LogP contribution in [0.1, 0.15) is 36.8 Å². The largest absolute Gasteiger partial charge is 0.492 e. The summed E-state index contributed by atoms with van der Waals surface area (Å²) in [6, 6.07) is 15.6. The molecule has 1 unspecified atom stereocenters. The number of hydrogen-bond acceptors (Lipinski definition) is 7. The maximum absolute atomic E-state index is 11.3. The summed E-state index contributed by atoms with van der Waals surface area (Å²) >= 11 is 0. The Hall–Kier alpha value is -2.94. The maximum atomic E-state index is 11.3. The molecule has 0 radical (unpaired) electrons. The van der Waals surface area contributed by atoms with E-state index in [4.69, 9.17) is 14.2 Å². The first kappa shape index (κ1) is 25.2. The molecule has 0 aromatic heterocycles. The van der Waals surface area contributed by atoms with Crippen molar-refractivity contribution < 1.29 is 24.1 Å². The Morgan fingerprint density at radius 3 is 2.69 bits per heavy atom. The molecule has 0 spiro atoms. The second-order valence-electron chi connectivity index (χ2n) is 9.05. The summed E-state index contributed by atoms with van der Waals surface area (Å²) in [6.07, 6.45) is 3.98. The number of carbonyl (C=O) groups excluding carboxylic acids is 1. The van der Waals surface area contributed by atoms with Gasteiger partial charge >= 0.3 is 0 Å². The lowest BCUT2D eigenvalue weighted by Gasteiger charge is -2.15. The van der Waals surface area contributed by atoms with Gasteiger partial charge in [0.1, 0.15) is 30.8 Å². The van der Waals surface area contributed by atoms with Crippen molar-refractivity contribution in [2.45, 2.75) is 38.2 Å². The number of aliphatic hydroxyl groups is 1. The Morgan fingerprint density at radius 1 is 1.06 bits per heavy atom. The number of nitrogens with zero attached hydrogens (tertiary/aromatic N) is 1. The van der Waals surface area contributed by atoms with Gasteiger partial charge in [-0.15, -0.1) is 0 Å². The minimum absolute atomic E-state index is 0.0575. The molecule has 4 rings (SSSR count). The van der Waals surface area contributed by atoms with Gasteiger partial charge in [-0.2, -0.15) is 5.10 Å². The highest BCUT2D eigenvalue weighted by Crippen LogP contribution is 2.28. The molecule has 1 heterocycles. The van der Waals surface area contributed by atoms with Crippen LogP contribution in [0.2, 0.25) is 0 Å². The van der Waals surface area contributed by atoms with E-state index in [0.29, 0.717) is 32.5 Å². The third-order valence-electron chi connectivity index (χ3n) is 5.95. The number of rotatable bonds is 15. The number of hydrazone groups is 1. The molecule has 35 heavy (non-hydrogen) atoms. The summed E-state index contributed by atoms with van der Waals surface area (Å²) < 4.78 is 17.2. The van der Waals surface area contributed by atoms with Crippen LogP contribution in [0, 0.1) is 5.92 Å². The molecule has 3 N–H and O–H groups in total.